The zero-order valence-corrected chi connectivity index (χ0v) is 13.4. The SMILES string of the molecule is C=C/C=C(\C=C/C)[PH+](CCCC#N)c1cccc(C)c1. The Morgan fingerprint density at radius 2 is 2.25 bits per heavy atom. The van der Waals surface area contributed by atoms with E-state index in [9.17, 15) is 0 Å². The van der Waals surface area contributed by atoms with Gasteiger partial charge in [-0.3, -0.25) is 0 Å². The van der Waals surface area contributed by atoms with E-state index in [4.69, 9.17) is 5.26 Å². The maximum atomic E-state index is 8.76. The summed E-state index contributed by atoms with van der Waals surface area (Å²) in [6.45, 7) is 8.00. The van der Waals surface area contributed by atoms with Crippen LogP contribution in [0.4, 0.5) is 0 Å². The van der Waals surface area contributed by atoms with Gasteiger partial charge in [0.1, 0.15) is 0 Å². The van der Waals surface area contributed by atoms with E-state index in [1.807, 2.05) is 13.0 Å². The molecule has 0 aliphatic rings. The van der Waals surface area contributed by atoms with Crippen LogP contribution in [0.15, 0.2) is 60.5 Å². The standard InChI is InChI=1S/C18H22NP/c1-4-9-17(10-5-2)20(14-7-6-13-19)18-12-8-11-16(3)15-18/h4-5,8-12,15H,1,6-7,14H2,2-3H3/p+1/b10-5-,17-9+. The Bertz CT molecular complexity index is 535. The molecule has 0 aromatic heterocycles. The van der Waals surface area contributed by atoms with Gasteiger partial charge in [-0.05, 0) is 50.1 Å². The summed E-state index contributed by atoms with van der Waals surface area (Å²) in [5, 5.41) is 11.5. The monoisotopic (exact) mass is 284 g/mol. The molecule has 1 unspecified atom stereocenters. The minimum Gasteiger partial charge on any atom is -0.198 e. The van der Waals surface area contributed by atoms with Crippen molar-refractivity contribution < 1.29 is 0 Å². The molecule has 0 amide bonds. The van der Waals surface area contributed by atoms with Crippen molar-refractivity contribution in [1.82, 2.24) is 0 Å². The highest BCUT2D eigenvalue weighted by molar-refractivity contribution is 7.69. The molecule has 0 radical (unpaired) electrons. The van der Waals surface area contributed by atoms with Gasteiger partial charge >= 0.3 is 0 Å². The smallest absolute Gasteiger partial charge is 0.0969 e. The molecule has 2 heteroatoms. The molecule has 0 N–H and O–H groups in total. The Morgan fingerprint density at radius 1 is 1.45 bits per heavy atom. The van der Waals surface area contributed by atoms with Gasteiger partial charge in [-0.2, -0.15) is 5.26 Å². The summed E-state index contributed by atoms with van der Waals surface area (Å²) in [7, 11) is -0.828. The highest BCUT2D eigenvalue weighted by Crippen LogP contribution is 2.45. The topological polar surface area (TPSA) is 23.8 Å². The Hall–Kier alpha value is -1.64. The van der Waals surface area contributed by atoms with Crippen LogP contribution in [-0.2, 0) is 0 Å². The van der Waals surface area contributed by atoms with Gasteiger partial charge < -0.3 is 0 Å². The van der Waals surface area contributed by atoms with Crippen LogP contribution in [-0.4, -0.2) is 6.16 Å². The van der Waals surface area contributed by atoms with E-state index in [0.29, 0.717) is 6.42 Å². The zero-order valence-electron chi connectivity index (χ0n) is 12.4. The molecular weight excluding hydrogens is 261 g/mol. The summed E-state index contributed by atoms with van der Waals surface area (Å²) < 4.78 is 0. The molecule has 1 aromatic carbocycles. The van der Waals surface area contributed by atoms with E-state index >= 15 is 0 Å². The summed E-state index contributed by atoms with van der Waals surface area (Å²) in [5.41, 5.74) is 1.30. The summed E-state index contributed by atoms with van der Waals surface area (Å²) >= 11 is 0. The van der Waals surface area contributed by atoms with Gasteiger partial charge in [-0.1, -0.05) is 30.9 Å². The largest absolute Gasteiger partial charge is 0.198 e. The predicted molar refractivity (Wildman–Crippen MR) is 91.9 cm³/mol. The molecule has 0 spiro atoms. The number of hydrogen-bond acceptors (Lipinski definition) is 1. The number of nitrogens with zero attached hydrogens (tertiary/aromatic N) is 1. The molecule has 0 saturated carbocycles. The molecule has 1 rings (SSSR count). The fraction of sp³-hybridized carbons (Fsp3) is 0.278. The van der Waals surface area contributed by atoms with Gasteiger partial charge in [0.05, 0.1) is 30.8 Å². The van der Waals surface area contributed by atoms with E-state index in [1.54, 1.807) is 0 Å². The molecule has 0 aliphatic heterocycles. The van der Waals surface area contributed by atoms with Gasteiger partial charge in [0.15, 0.2) is 0 Å². The Balaban J connectivity index is 3.09. The number of benzene rings is 1. The van der Waals surface area contributed by atoms with Gasteiger partial charge in [0, 0.05) is 6.42 Å². The number of allylic oxidation sites excluding steroid dienone is 5. The zero-order chi connectivity index (χ0) is 14.8. The van der Waals surface area contributed by atoms with Crippen molar-refractivity contribution in [1.29, 1.82) is 5.26 Å². The molecule has 0 bridgehead atoms. The molecule has 0 fully saturated rings. The predicted octanol–water partition coefficient (Wildman–Crippen LogP) is 4.78. The molecule has 0 aliphatic carbocycles. The van der Waals surface area contributed by atoms with Crippen LogP contribution in [0.3, 0.4) is 0 Å². The third-order valence-corrected chi connectivity index (χ3v) is 5.97. The first-order valence-corrected chi connectivity index (χ1v) is 8.69. The lowest BCUT2D eigenvalue weighted by Gasteiger charge is -2.11. The molecule has 1 aromatic rings. The number of aryl methyl sites for hydroxylation is 1. The second-order valence-corrected chi connectivity index (χ2v) is 7.33. The normalized spacial score (nSPS) is 13.2. The average Bonchev–Trinajstić information content (AvgIpc) is 2.44. The van der Waals surface area contributed by atoms with Crippen molar-refractivity contribution in [3.05, 3.63) is 66.0 Å². The molecule has 20 heavy (non-hydrogen) atoms. The lowest BCUT2D eigenvalue weighted by Crippen LogP contribution is -2.05. The molecule has 104 valence electrons. The van der Waals surface area contributed by atoms with Crippen molar-refractivity contribution in [2.45, 2.75) is 26.7 Å². The van der Waals surface area contributed by atoms with Crippen LogP contribution in [0, 0.1) is 18.3 Å². The minimum absolute atomic E-state index is 0.636. The summed E-state index contributed by atoms with van der Waals surface area (Å²) in [4.78, 5) is 0. The van der Waals surface area contributed by atoms with Gasteiger partial charge in [0.2, 0.25) is 0 Å². The summed E-state index contributed by atoms with van der Waals surface area (Å²) in [6, 6.07) is 11.0. The van der Waals surface area contributed by atoms with Gasteiger partial charge in [-0.25, -0.2) is 0 Å². The quantitative estimate of drug-likeness (QED) is 0.401. The second-order valence-electron chi connectivity index (χ2n) is 4.72. The van der Waals surface area contributed by atoms with Crippen molar-refractivity contribution in [2.24, 2.45) is 0 Å². The van der Waals surface area contributed by atoms with E-state index < -0.39 is 7.92 Å². The number of unbranched alkanes of at least 4 members (excludes halogenated alkanes) is 1. The van der Waals surface area contributed by atoms with Gasteiger partial charge in [0.25, 0.3) is 0 Å². The maximum absolute atomic E-state index is 8.76. The van der Waals surface area contributed by atoms with Crippen LogP contribution < -0.4 is 5.30 Å². The number of nitriles is 1. The molecule has 1 atom stereocenters. The van der Waals surface area contributed by atoms with Crippen LogP contribution in [0.5, 0.6) is 0 Å². The van der Waals surface area contributed by atoms with Crippen LogP contribution in [0.25, 0.3) is 0 Å². The Kier molecular flexibility index (Phi) is 7.63. The first kappa shape index (κ1) is 16.4. The van der Waals surface area contributed by atoms with E-state index in [-0.39, 0.29) is 0 Å². The van der Waals surface area contributed by atoms with Crippen molar-refractivity contribution in [3.8, 4) is 6.07 Å². The van der Waals surface area contributed by atoms with Crippen molar-refractivity contribution in [3.63, 3.8) is 0 Å². The molecule has 1 nitrogen and oxygen atoms in total. The fourth-order valence-electron chi connectivity index (χ4n) is 2.20. The second kappa shape index (κ2) is 9.29. The molecule has 0 heterocycles. The Morgan fingerprint density at radius 3 is 2.85 bits per heavy atom. The van der Waals surface area contributed by atoms with Crippen LogP contribution >= 0.6 is 7.92 Å². The lowest BCUT2D eigenvalue weighted by molar-refractivity contribution is 0.977. The lowest BCUT2D eigenvalue weighted by atomic mass is 10.2. The third kappa shape index (κ3) is 5.16. The van der Waals surface area contributed by atoms with E-state index in [1.165, 1.54) is 16.2 Å². The highest BCUT2D eigenvalue weighted by atomic mass is 31.1. The van der Waals surface area contributed by atoms with Crippen LogP contribution in [0.2, 0.25) is 0 Å². The first-order valence-electron chi connectivity index (χ1n) is 6.98. The van der Waals surface area contributed by atoms with Crippen LogP contribution in [0.1, 0.15) is 25.3 Å². The Labute approximate surface area is 124 Å². The third-order valence-electron chi connectivity index (χ3n) is 3.07. The maximum Gasteiger partial charge on any atom is 0.0969 e. The number of hydrogen-bond donors (Lipinski definition) is 0. The summed E-state index contributed by atoms with van der Waals surface area (Å²) in [5.74, 6) is 0. The average molecular weight is 284 g/mol. The van der Waals surface area contributed by atoms with E-state index in [0.717, 1.165) is 12.6 Å². The minimum atomic E-state index is -0.828. The highest BCUT2D eigenvalue weighted by Gasteiger charge is 2.22. The fourth-order valence-corrected chi connectivity index (χ4v) is 5.02. The molecular formula is C18H23NP+. The summed E-state index contributed by atoms with van der Waals surface area (Å²) in [6.07, 6.45) is 10.9. The van der Waals surface area contributed by atoms with Crippen molar-refractivity contribution in [2.75, 3.05) is 6.16 Å². The van der Waals surface area contributed by atoms with Gasteiger partial charge in [-0.15, -0.1) is 0 Å². The number of rotatable bonds is 7. The van der Waals surface area contributed by atoms with Crippen molar-refractivity contribution >= 4 is 13.2 Å². The first-order chi connectivity index (χ1) is 9.72. The van der Waals surface area contributed by atoms with E-state index in [2.05, 4.69) is 62.1 Å². The molecule has 0 saturated heterocycles.